The number of carbonyl (C=O) groups is 3. The lowest BCUT2D eigenvalue weighted by atomic mass is 10.1. The van der Waals surface area contributed by atoms with Crippen LogP contribution in [0.15, 0.2) is 36.7 Å². The number of likely N-dealkylation sites (tertiary alicyclic amines) is 1. The average Bonchev–Trinajstić information content (AvgIpc) is 3.36. The van der Waals surface area contributed by atoms with Gasteiger partial charge in [-0.3, -0.25) is 19.1 Å². The zero-order valence-corrected chi connectivity index (χ0v) is 15.9. The van der Waals surface area contributed by atoms with Gasteiger partial charge in [0.05, 0.1) is 12.1 Å². The summed E-state index contributed by atoms with van der Waals surface area (Å²) in [4.78, 5) is 37.5. The van der Waals surface area contributed by atoms with E-state index in [1.165, 1.54) is 0 Å². The molecule has 0 bridgehead atoms. The molecule has 8 heteroatoms. The average molecular weight is 383 g/mol. The van der Waals surface area contributed by atoms with Crippen LogP contribution in [0.5, 0.6) is 0 Å². The minimum Gasteiger partial charge on any atom is -0.370 e. The van der Waals surface area contributed by atoms with E-state index in [2.05, 4.69) is 10.4 Å². The van der Waals surface area contributed by atoms with Crippen molar-refractivity contribution in [1.29, 1.82) is 0 Å². The van der Waals surface area contributed by atoms with Gasteiger partial charge in [0.1, 0.15) is 0 Å². The Labute approximate surface area is 163 Å². The van der Waals surface area contributed by atoms with E-state index in [0.29, 0.717) is 38.2 Å². The Morgan fingerprint density at radius 2 is 2.11 bits per heavy atom. The first kappa shape index (κ1) is 19.6. The Kier molecular flexibility index (Phi) is 6.08. The highest BCUT2D eigenvalue weighted by Gasteiger charge is 2.31. The molecule has 1 aromatic carbocycles. The SMILES string of the molecule is CCNC(=O)[C@H]1CCN(C(=O)c2cccc(-c3cnn(CCC(N)=O)c3)c2)C1. The molecule has 2 aromatic rings. The zero-order valence-electron chi connectivity index (χ0n) is 15.9. The lowest BCUT2D eigenvalue weighted by Crippen LogP contribution is -2.34. The van der Waals surface area contributed by atoms with Gasteiger partial charge in [0.25, 0.3) is 5.91 Å². The molecule has 3 N–H and O–H groups in total. The number of rotatable bonds is 7. The number of primary amides is 1. The lowest BCUT2D eigenvalue weighted by molar-refractivity contribution is -0.124. The van der Waals surface area contributed by atoms with Gasteiger partial charge >= 0.3 is 0 Å². The molecule has 0 spiro atoms. The molecule has 1 saturated heterocycles. The highest BCUT2D eigenvalue weighted by atomic mass is 16.2. The van der Waals surface area contributed by atoms with Gasteiger partial charge in [-0.15, -0.1) is 0 Å². The fourth-order valence-electron chi connectivity index (χ4n) is 3.35. The van der Waals surface area contributed by atoms with Crippen molar-refractivity contribution >= 4 is 17.7 Å². The van der Waals surface area contributed by atoms with Crippen LogP contribution in [0.2, 0.25) is 0 Å². The summed E-state index contributed by atoms with van der Waals surface area (Å²) in [7, 11) is 0. The van der Waals surface area contributed by atoms with Crippen molar-refractivity contribution < 1.29 is 14.4 Å². The van der Waals surface area contributed by atoms with Crippen molar-refractivity contribution in [3.8, 4) is 11.1 Å². The standard InChI is InChI=1S/C20H25N5O3/c1-2-22-19(27)16-6-8-24(12-16)20(28)15-5-3-4-14(10-15)17-11-23-25(13-17)9-7-18(21)26/h3-5,10-11,13,16H,2,6-9,12H2,1H3,(H2,21,26)(H,22,27)/t16-/m0/s1. The third-order valence-corrected chi connectivity index (χ3v) is 4.86. The van der Waals surface area contributed by atoms with Gasteiger partial charge in [0.2, 0.25) is 11.8 Å². The number of hydrogen-bond acceptors (Lipinski definition) is 4. The number of nitrogens with zero attached hydrogens (tertiary/aromatic N) is 3. The summed E-state index contributed by atoms with van der Waals surface area (Å²) in [6, 6.07) is 7.36. The van der Waals surface area contributed by atoms with Crippen LogP contribution in [0.3, 0.4) is 0 Å². The summed E-state index contributed by atoms with van der Waals surface area (Å²) in [6.07, 6.45) is 4.43. The summed E-state index contributed by atoms with van der Waals surface area (Å²) in [5.74, 6) is -0.582. The third kappa shape index (κ3) is 4.57. The van der Waals surface area contributed by atoms with Crippen molar-refractivity contribution in [3.05, 3.63) is 42.2 Å². The van der Waals surface area contributed by atoms with E-state index in [1.807, 2.05) is 31.3 Å². The van der Waals surface area contributed by atoms with E-state index in [0.717, 1.165) is 11.1 Å². The highest BCUT2D eigenvalue weighted by Crippen LogP contribution is 2.23. The Bertz CT molecular complexity index is 876. The number of amides is 3. The van der Waals surface area contributed by atoms with Crippen LogP contribution in [-0.4, -0.2) is 52.0 Å². The van der Waals surface area contributed by atoms with Gasteiger partial charge < -0.3 is 16.0 Å². The van der Waals surface area contributed by atoms with E-state index in [4.69, 9.17) is 5.73 Å². The topological polar surface area (TPSA) is 110 Å². The number of carbonyl (C=O) groups excluding carboxylic acids is 3. The molecule has 1 aliphatic heterocycles. The van der Waals surface area contributed by atoms with Gasteiger partial charge in [-0.05, 0) is 31.0 Å². The van der Waals surface area contributed by atoms with Gasteiger partial charge in [-0.25, -0.2) is 0 Å². The van der Waals surface area contributed by atoms with Gasteiger partial charge in [0, 0.05) is 49.9 Å². The zero-order chi connectivity index (χ0) is 20.1. The van der Waals surface area contributed by atoms with Crippen molar-refractivity contribution in [1.82, 2.24) is 20.0 Å². The number of benzene rings is 1. The van der Waals surface area contributed by atoms with Gasteiger partial charge in [-0.2, -0.15) is 5.10 Å². The van der Waals surface area contributed by atoms with Crippen molar-refractivity contribution in [3.63, 3.8) is 0 Å². The van der Waals surface area contributed by atoms with E-state index >= 15 is 0 Å². The minimum absolute atomic E-state index is 0.00919. The molecule has 148 valence electrons. The van der Waals surface area contributed by atoms with Crippen LogP contribution >= 0.6 is 0 Å². The van der Waals surface area contributed by atoms with Crippen LogP contribution in [0.1, 0.15) is 30.1 Å². The third-order valence-electron chi connectivity index (χ3n) is 4.86. The smallest absolute Gasteiger partial charge is 0.253 e. The summed E-state index contributed by atoms with van der Waals surface area (Å²) < 4.78 is 1.66. The largest absolute Gasteiger partial charge is 0.370 e. The van der Waals surface area contributed by atoms with E-state index in [1.54, 1.807) is 21.8 Å². The minimum atomic E-state index is -0.374. The molecule has 2 heterocycles. The van der Waals surface area contributed by atoms with Crippen molar-refractivity contribution in [2.24, 2.45) is 11.7 Å². The van der Waals surface area contributed by atoms with E-state index < -0.39 is 0 Å². The summed E-state index contributed by atoms with van der Waals surface area (Å²) >= 11 is 0. The predicted molar refractivity (Wildman–Crippen MR) is 104 cm³/mol. The molecule has 28 heavy (non-hydrogen) atoms. The molecule has 1 fully saturated rings. The molecule has 3 amide bonds. The fourth-order valence-corrected chi connectivity index (χ4v) is 3.35. The lowest BCUT2D eigenvalue weighted by Gasteiger charge is -2.17. The second-order valence-electron chi connectivity index (χ2n) is 6.92. The fraction of sp³-hybridized carbons (Fsp3) is 0.400. The first-order chi connectivity index (χ1) is 13.5. The molecule has 1 atom stereocenters. The quantitative estimate of drug-likeness (QED) is 0.744. The first-order valence-electron chi connectivity index (χ1n) is 9.46. The molecule has 0 radical (unpaired) electrons. The van der Waals surface area contributed by atoms with Gasteiger partial charge in [0.15, 0.2) is 0 Å². The molecule has 3 rings (SSSR count). The molecular weight excluding hydrogens is 358 g/mol. The maximum absolute atomic E-state index is 12.9. The monoisotopic (exact) mass is 383 g/mol. The van der Waals surface area contributed by atoms with Crippen molar-refractivity contribution in [2.45, 2.75) is 26.3 Å². The Hall–Kier alpha value is -3.16. The first-order valence-corrected chi connectivity index (χ1v) is 9.46. The predicted octanol–water partition coefficient (Wildman–Crippen LogP) is 1.02. The van der Waals surface area contributed by atoms with Crippen LogP contribution in [0, 0.1) is 5.92 Å². The van der Waals surface area contributed by atoms with Crippen LogP contribution in [-0.2, 0) is 16.1 Å². The molecule has 0 unspecified atom stereocenters. The molecule has 8 nitrogen and oxygen atoms in total. The molecule has 0 aliphatic carbocycles. The second kappa shape index (κ2) is 8.69. The maximum Gasteiger partial charge on any atom is 0.253 e. The highest BCUT2D eigenvalue weighted by molar-refractivity contribution is 5.96. The van der Waals surface area contributed by atoms with E-state index in [-0.39, 0.29) is 30.1 Å². The number of aryl methyl sites for hydroxylation is 1. The van der Waals surface area contributed by atoms with Crippen molar-refractivity contribution in [2.75, 3.05) is 19.6 Å². The molecule has 1 aliphatic rings. The number of nitrogens with one attached hydrogen (secondary N) is 1. The summed E-state index contributed by atoms with van der Waals surface area (Å²) in [6.45, 7) is 3.93. The molecule has 0 saturated carbocycles. The molecule has 1 aromatic heterocycles. The second-order valence-corrected chi connectivity index (χ2v) is 6.92. The Morgan fingerprint density at radius 1 is 1.29 bits per heavy atom. The number of aromatic nitrogens is 2. The summed E-state index contributed by atoms with van der Waals surface area (Å²) in [5, 5.41) is 7.05. The van der Waals surface area contributed by atoms with Crippen LogP contribution in [0.4, 0.5) is 0 Å². The Morgan fingerprint density at radius 3 is 2.86 bits per heavy atom. The number of hydrogen-bond donors (Lipinski definition) is 2. The Balaban J connectivity index is 1.69. The van der Waals surface area contributed by atoms with Crippen LogP contribution < -0.4 is 11.1 Å². The summed E-state index contributed by atoms with van der Waals surface area (Å²) in [5.41, 5.74) is 7.48. The van der Waals surface area contributed by atoms with Gasteiger partial charge in [-0.1, -0.05) is 12.1 Å². The maximum atomic E-state index is 12.9. The normalized spacial score (nSPS) is 16.2. The number of nitrogens with two attached hydrogens (primary N) is 1. The molecular formula is C20H25N5O3. The van der Waals surface area contributed by atoms with E-state index in [9.17, 15) is 14.4 Å². The van der Waals surface area contributed by atoms with Crippen LogP contribution in [0.25, 0.3) is 11.1 Å².